The topological polar surface area (TPSA) is 68.8 Å². The van der Waals surface area contributed by atoms with E-state index in [4.69, 9.17) is 18.0 Å². The average molecular weight is 247 g/mol. The third-order valence-corrected chi connectivity index (χ3v) is 2.59. The second-order valence-corrected chi connectivity index (χ2v) is 4.04. The molecule has 17 heavy (non-hydrogen) atoms. The van der Waals surface area contributed by atoms with Crippen LogP contribution in [0.2, 0.25) is 0 Å². The molecule has 0 saturated heterocycles. The first-order valence-electron chi connectivity index (χ1n) is 5.13. The summed E-state index contributed by atoms with van der Waals surface area (Å²) in [4.78, 5) is 8.59. The molecule has 2 heterocycles. The monoisotopic (exact) mass is 247 g/mol. The molecule has 3 N–H and O–H groups in total. The van der Waals surface area contributed by atoms with E-state index in [0.29, 0.717) is 17.2 Å². The predicted molar refractivity (Wildman–Crippen MR) is 70.7 cm³/mol. The lowest BCUT2D eigenvalue weighted by atomic mass is 10.3. The zero-order chi connectivity index (χ0) is 12.3. The van der Waals surface area contributed by atoms with Gasteiger partial charge in [0.05, 0.1) is 12.2 Å². The number of pyridine rings is 1. The van der Waals surface area contributed by atoms with Crippen molar-refractivity contribution in [2.75, 3.05) is 5.32 Å². The lowest BCUT2D eigenvalue weighted by Gasteiger charge is -2.07. The number of hydrogen-bond donors (Lipinski definition) is 2. The third-order valence-electron chi connectivity index (χ3n) is 2.38. The SMILES string of the molecule is Cn1ccnc1CNc1ccnc(C(N)=S)c1. The first kappa shape index (κ1) is 11.5. The van der Waals surface area contributed by atoms with Crippen molar-refractivity contribution in [3.05, 3.63) is 42.2 Å². The fourth-order valence-electron chi connectivity index (χ4n) is 1.42. The summed E-state index contributed by atoms with van der Waals surface area (Å²) in [5, 5.41) is 3.24. The first-order chi connectivity index (χ1) is 8.16. The lowest BCUT2D eigenvalue weighted by Crippen LogP contribution is -2.12. The Hall–Kier alpha value is -1.95. The Morgan fingerprint density at radius 3 is 2.94 bits per heavy atom. The molecule has 0 unspecified atom stereocenters. The Balaban J connectivity index is 2.07. The smallest absolute Gasteiger partial charge is 0.127 e. The van der Waals surface area contributed by atoms with Crippen LogP contribution in [-0.4, -0.2) is 19.5 Å². The molecule has 0 atom stereocenters. The minimum atomic E-state index is 0.297. The summed E-state index contributed by atoms with van der Waals surface area (Å²) in [5.41, 5.74) is 7.06. The van der Waals surface area contributed by atoms with Crippen LogP contribution < -0.4 is 11.1 Å². The zero-order valence-corrected chi connectivity index (χ0v) is 10.2. The number of hydrogen-bond acceptors (Lipinski definition) is 4. The van der Waals surface area contributed by atoms with Crippen LogP contribution in [0.5, 0.6) is 0 Å². The van der Waals surface area contributed by atoms with Crippen molar-refractivity contribution in [1.29, 1.82) is 0 Å². The molecule has 0 radical (unpaired) electrons. The molecule has 0 fully saturated rings. The quantitative estimate of drug-likeness (QED) is 0.791. The van der Waals surface area contributed by atoms with Gasteiger partial charge in [-0.1, -0.05) is 12.2 Å². The van der Waals surface area contributed by atoms with Crippen LogP contribution >= 0.6 is 12.2 Å². The van der Waals surface area contributed by atoms with E-state index in [-0.39, 0.29) is 0 Å². The van der Waals surface area contributed by atoms with Gasteiger partial charge in [-0.05, 0) is 12.1 Å². The van der Waals surface area contributed by atoms with Gasteiger partial charge in [0.15, 0.2) is 0 Å². The van der Waals surface area contributed by atoms with Crippen molar-refractivity contribution >= 4 is 22.9 Å². The predicted octanol–water partition coefficient (Wildman–Crippen LogP) is 1.06. The standard InChI is InChI=1S/C11H13N5S/c1-16-5-4-14-10(16)7-15-8-2-3-13-9(6-8)11(12)17/h2-6H,7H2,1H3,(H2,12,17)(H,13,15). The zero-order valence-electron chi connectivity index (χ0n) is 9.42. The largest absolute Gasteiger partial charge is 0.388 e. The highest BCUT2D eigenvalue weighted by atomic mass is 32.1. The summed E-state index contributed by atoms with van der Waals surface area (Å²) in [5.74, 6) is 0.957. The number of imidazole rings is 1. The van der Waals surface area contributed by atoms with Gasteiger partial charge in [-0.15, -0.1) is 0 Å². The van der Waals surface area contributed by atoms with E-state index < -0.39 is 0 Å². The van der Waals surface area contributed by atoms with Crippen molar-refractivity contribution in [3.63, 3.8) is 0 Å². The maximum atomic E-state index is 5.52. The Morgan fingerprint density at radius 2 is 2.29 bits per heavy atom. The molecule has 0 aliphatic carbocycles. The molecule has 0 spiro atoms. The Kier molecular flexibility index (Phi) is 3.34. The number of aryl methyl sites for hydroxylation is 1. The molecule has 2 aromatic rings. The molecule has 0 amide bonds. The van der Waals surface area contributed by atoms with Gasteiger partial charge < -0.3 is 15.6 Å². The van der Waals surface area contributed by atoms with Gasteiger partial charge in [-0.3, -0.25) is 4.98 Å². The highest BCUT2D eigenvalue weighted by molar-refractivity contribution is 7.80. The highest BCUT2D eigenvalue weighted by Gasteiger charge is 2.01. The maximum Gasteiger partial charge on any atom is 0.127 e. The van der Waals surface area contributed by atoms with Gasteiger partial charge >= 0.3 is 0 Å². The van der Waals surface area contributed by atoms with E-state index in [0.717, 1.165) is 11.5 Å². The summed E-state index contributed by atoms with van der Waals surface area (Å²) in [6.07, 6.45) is 5.35. The van der Waals surface area contributed by atoms with Gasteiger partial charge in [-0.25, -0.2) is 4.98 Å². The molecular weight excluding hydrogens is 234 g/mol. The molecule has 0 aliphatic rings. The van der Waals surface area contributed by atoms with Crippen LogP contribution in [0.15, 0.2) is 30.7 Å². The van der Waals surface area contributed by atoms with Crippen molar-refractivity contribution in [2.24, 2.45) is 12.8 Å². The molecule has 0 aromatic carbocycles. The fourth-order valence-corrected chi connectivity index (χ4v) is 1.53. The minimum absolute atomic E-state index is 0.297. The number of thiocarbonyl (C=S) groups is 1. The maximum absolute atomic E-state index is 5.52. The van der Waals surface area contributed by atoms with Crippen molar-refractivity contribution in [2.45, 2.75) is 6.54 Å². The summed E-state index contributed by atoms with van der Waals surface area (Å²) in [7, 11) is 1.96. The van der Waals surface area contributed by atoms with Gasteiger partial charge in [0.25, 0.3) is 0 Å². The summed E-state index contributed by atoms with van der Waals surface area (Å²) < 4.78 is 1.96. The van der Waals surface area contributed by atoms with Crippen LogP contribution in [0.4, 0.5) is 5.69 Å². The number of aromatic nitrogens is 3. The van der Waals surface area contributed by atoms with E-state index in [1.54, 1.807) is 12.4 Å². The molecular formula is C11H13N5S. The van der Waals surface area contributed by atoms with Gasteiger partial charge in [-0.2, -0.15) is 0 Å². The number of nitrogens with two attached hydrogens (primary N) is 1. The molecule has 0 saturated carbocycles. The van der Waals surface area contributed by atoms with E-state index in [9.17, 15) is 0 Å². The summed E-state index contributed by atoms with van der Waals surface area (Å²) >= 11 is 4.88. The van der Waals surface area contributed by atoms with E-state index in [2.05, 4.69) is 15.3 Å². The van der Waals surface area contributed by atoms with Gasteiger partial charge in [0.1, 0.15) is 10.8 Å². The Morgan fingerprint density at radius 1 is 1.47 bits per heavy atom. The molecule has 2 rings (SSSR count). The van der Waals surface area contributed by atoms with Crippen molar-refractivity contribution in [3.8, 4) is 0 Å². The van der Waals surface area contributed by atoms with Crippen LogP contribution in [0.1, 0.15) is 11.5 Å². The van der Waals surface area contributed by atoms with Crippen LogP contribution in [0, 0.1) is 0 Å². The second-order valence-electron chi connectivity index (χ2n) is 3.60. The third kappa shape index (κ3) is 2.79. The molecule has 6 heteroatoms. The molecule has 2 aromatic heterocycles. The number of anilines is 1. The van der Waals surface area contributed by atoms with Gasteiger partial charge in [0.2, 0.25) is 0 Å². The lowest BCUT2D eigenvalue weighted by molar-refractivity contribution is 0.813. The number of rotatable bonds is 4. The molecule has 5 nitrogen and oxygen atoms in total. The van der Waals surface area contributed by atoms with Crippen molar-refractivity contribution in [1.82, 2.24) is 14.5 Å². The fraction of sp³-hybridized carbons (Fsp3) is 0.182. The van der Waals surface area contributed by atoms with E-state index in [1.807, 2.05) is 29.9 Å². The van der Waals surface area contributed by atoms with Crippen molar-refractivity contribution < 1.29 is 0 Å². The minimum Gasteiger partial charge on any atom is -0.388 e. The number of nitrogens with one attached hydrogen (secondary N) is 1. The van der Waals surface area contributed by atoms with Crippen LogP contribution in [0.25, 0.3) is 0 Å². The average Bonchev–Trinajstić information content (AvgIpc) is 2.72. The first-order valence-corrected chi connectivity index (χ1v) is 5.53. The molecule has 88 valence electrons. The Labute approximate surface area is 105 Å². The summed E-state index contributed by atoms with van der Waals surface area (Å²) in [6, 6.07) is 3.69. The van der Waals surface area contributed by atoms with Crippen LogP contribution in [-0.2, 0) is 13.6 Å². The molecule has 0 bridgehead atoms. The van der Waals surface area contributed by atoms with E-state index in [1.165, 1.54) is 0 Å². The molecule has 0 aliphatic heterocycles. The summed E-state index contributed by atoms with van der Waals surface area (Å²) in [6.45, 7) is 0.643. The van der Waals surface area contributed by atoms with Crippen LogP contribution in [0.3, 0.4) is 0 Å². The Bertz CT molecular complexity index is 534. The highest BCUT2D eigenvalue weighted by Crippen LogP contribution is 2.09. The van der Waals surface area contributed by atoms with E-state index >= 15 is 0 Å². The second kappa shape index (κ2) is 4.92. The number of nitrogens with zero attached hydrogens (tertiary/aromatic N) is 3. The normalized spacial score (nSPS) is 10.2. The van der Waals surface area contributed by atoms with Gasteiger partial charge in [0, 0.05) is 31.3 Å².